The highest BCUT2D eigenvalue weighted by molar-refractivity contribution is 7.90. The minimum absolute atomic E-state index is 0.0180. The van der Waals surface area contributed by atoms with Gasteiger partial charge in [-0.3, -0.25) is 4.79 Å². The van der Waals surface area contributed by atoms with Gasteiger partial charge in [-0.2, -0.15) is 0 Å². The molecule has 0 fully saturated rings. The smallest absolute Gasteiger partial charge is 0.250 e. The summed E-state index contributed by atoms with van der Waals surface area (Å²) >= 11 is 0. The standard InChI is InChI=1S/C9H11NO3S/c1-6-3-4-8(14(2,12)13)7(5-6)9(10)11/h3-5H,1-2H3,(H2,10,11). The van der Waals surface area contributed by atoms with Crippen molar-refractivity contribution in [1.29, 1.82) is 0 Å². The number of aryl methyl sites for hydroxylation is 1. The first-order valence-corrected chi connectivity index (χ1v) is 5.82. The van der Waals surface area contributed by atoms with Gasteiger partial charge in [-0.25, -0.2) is 8.42 Å². The average molecular weight is 213 g/mol. The second-order valence-electron chi connectivity index (χ2n) is 3.14. The van der Waals surface area contributed by atoms with E-state index in [-0.39, 0.29) is 10.5 Å². The third-order valence-electron chi connectivity index (χ3n) is 1.80. The fourth-order valence-electron chi connectivity index (χ4n) is 1.16. The van der Waals surface area contributed by atoms with E-state index in [0.29, 0.717) is 0 Å². The zero-order valence-corrected chi connectivity index (χ0v) is 8.76. The zero-order chi connectivity index (χ0) is 10.9. The van der Waals surface area contributed by atoms with Crippen molar-refractivity contribution in [1.82, 2.24) is 0 Å². The molecule has 14 heavy (non-hydrogen) atoms. The van der Waals surface area contributed by atoms with Gasteiger partial charge in [0, 0.05) is 6.26 Å². The molecule has 0 saturated heterocycles. The van der Waals surface area contributed by atoms with E-state index in [1.807, 2.05) is 0 Å². The molecule has 4 nitrogen and oxygen atoms in total. The molecule has 0 aliphatic rings. The summed E-state index contributed by atoms with van der Waals surface area (Å²) in [4.78, 5) is 11.0. The Balaban J connectivity index is 3.53. The molecule has 0 spiro atoms. The maximum absolute atomic E-state index is 11.3. The molecule has 0 aliphatic heterocycles. The van der Waals surface area contributed by atoms with Crippen molar-refractivity contribution in [3.63, 3.8) is 0 Å². The SMILES string of the molecule is Cc1ccc(S(C)(=O)=O)c(C(N)=O)c1. The lowest BCUT2D eigenvalue weighted by Crippen LogP contribution is -2.16. The molecular weight excluding hydrogens is 202 g/mol. The largest absolute Gasteiger partial charge is 0.366 e. The minimum Gasteiger partial charge on any atom is -0.366 e. The van der Waals surface area contributed by atoms with Crippen LogP contribution in [0.4, 0.5) is 0 Å². The molecule has 0 unspecified atom stereocenters. The third-order valence-corrected chi connectivity index (χ3v) is 2.95. The molecule has 1 amide bonds. The first-order chi connectivity index (χ1) is 6.32. The van der Waals surface area contributed by atoms with Gasteiger partial charge in [-0.1, -0.05) is 11.6 Å². The van der Waals surface area contributed by atoms with Crippen LogP contribution in [-0.4, -0.2) is 20.6 Å². The molecule has 0 saturated carbocycles. The van der Waals surface area contributed by atoms with Crippen LogP contribution in [0, 0.1) is 6.92 Å². The van der Waals surface area contributed by atoms with Crippen LogP contribution in [0.25, 0.3) is 0 Å². The van der Waals surface area contributed by atoms with Crippen molar-refractivity contribution in [2.24, 2.45) is 5.73 Å². The first-order valence-electron chi connectivity index (χ1n) is 3.93. The number of primary amides is 1. The average Bonchev–Trinajstić information content (AvgIpc) is 2.01. The Morgan fingerprint density at radius 3 is 2.36 bits per heavy atom. The summed E-state index contributed by atoms with van der Waals surface area (Å²) in [6.07, 6.45) is 1.05. The van der Waals surface area contributed by atoms with Gasteiger partial charge < -0.3 is 5.73 Å². The van der Waals surface area contributed by atoms with E-state index >= 15 is 0 Å². The third kappa shape index (κ3) is 2.11. The van der Waals surface area contributed by atoms with E-state index in [4.69, 9.17) is 5.73 Å². The molecule has 0 aromatic heterocycles. The summed E-state index contributed by atoms with van der Waals surface area (Å²) in [5.74, 6) is -0.728. The second kappa shape index (κ2) is 3.42. The monoisotopic (exact) mass is 213 g/mol. The van der Waals surface area contributed by atoms with Crippen molar-refractivity contribution in [3.8, 4) is 0 Å². The number of rotatable bonds is 2. The topological polar surface area (TPSA) is 77.2 Å². The number of carbonyl (C=O) groups is 1. The van der Waals surface area contributed by atoms with Gasteiger partial charge in [0.25, 0.3) is 0 Å². The van der Waals surface area contributed by atoms with Crippen molar-refractivity contribution < 1.29 is 13.2 Å². The molecule has 5 heteroatoms. The lowest BCUT2D eigenvalue weighted by molar-refractivity contribution is 0.0997. The maximum Gasteiger partial charge on any atom is 0.250 e. The maximum atomic E-state index is 11.3. The fourth-order valence-corrected chi connectivity index (χ4v) is 2.03. The highest BCUT2D eigenvalue weighted by Gasteiger charge is 2.16. The van der Waals surface area contributed by atoms with Crippen molar-refractivity contribution in [3.05, 3.63) is 29.3 Å². The number of hydrogen-bond donors (Lipinski definition) is 1. The molecule has 76 valence electrons. The predicted molar refractivity (Wildman–Crippen MR) is 52.8 cm³/mol. The molecule has 1 rings (SSSR count). The van der Waals surface area contributed by atoms with Gasteiger partial charge in [-0.05, 0) is 19.1 Å². The van der Waals surface area contributed by atoms with Crippen LogP contribution in [0.2, 0.25) is 0 Å². The first kappa shape index (κ1) is 10.7. The van der Waals surface area contributed by atoms with Crippen LogP contribution >= 0.6 is 0 Å². The summed E-state index contributed by atoms with van der Waals surface area (Å²) in [5.41, 5.74) is 5.92. The van der Waals surface area contributed by atoms with E-state index in [1.54, 1.807) is 13.0 Å². The summed E-state index contributed by atoms with van der Waals surface area (Å²) in [6.45, 7) is 1.76. The van der Waals surface area contributed by atoms with Gasteiger partial charge in [0.05, 0.1) is 10.5 Å². The quantitative estimate of drug-likeness (QED) is 0.777. The Bertz CT molecular complexity index is 477. The van der Waals surface area contributed by atoms with E-state index in [1.165, 1.54) is 12.1 Å². The van der Waals surface area contributed by atoms with Gasteiger partial charge >= 0.3 is 0 Å². The van der Waals surface area contributed by atoms with E-state index in [0.717, 1.165) is 11.8 Å². The number of carbonyl (C=O) groups excluding carboxylic acids is 1. The predicted octanol–water partition coefficient (Wildman–Crippen LogP) is 0.497. The van der Waals surface area contributed by atoms with Crippen LogP contribution in [0.1, 0.15) is 15.9 Å². The van der Waals surface area contributed by atoms with Crippen LogP contribution in [0.3, 0.4) is 0 Å². The van der Waals surface area contributed by atoms with E-state index in [9.17, 15) is 13.2 Å². The number of amides is 1. The second-order valence-corrected chi connectivity index (χ2v) is 5.12. The highest BCUT2D eigenvalue weighted by atomic mass is 32.2. The Hall–Kier alpha value is -1.36. The highest BCUT2D eigenvalue weighted by Crippen LogP contribution is 2.16. The lowest BCUT2D eigenvalue weighted by atomic mass is 10.1. The molecule has 1 aromatic carbocycles. The molecule has 0 heterocycles. The fraction of sp³-hybridized carbons (Fsp3) is 0.222. The zero-order valence-electron chi connectivity index (χ0n) is 7.94. The van der Waals surface area contributed by atoms with E-state index < -0.39 is 15.7 Å². The number of benzene rings is 1. The Labute approximate surface area is 82.7 Å². The van der Waals surface area contributed by atoms with Gasteiger partial charge in [0.1, 0.15) is 0 Å². The number of nitrogens with two attached hydrogens (primary N) is 1. The molecule has 0 bridgehead atoms. The van der Waals surface area contributed by atoms with Crippen molar-refractivity contribution >= 4 is 15.7 Å². The Morgan fingerprint density at radius 1 is 1.36 bits per heavy atom. The van der Waals surface area contributed by atoms with Gasteiger partial charge in [-0.15, -0.1) is 0 Å². The van der Waals surface area contributed by atoms with Gasteiger partial charge in [0.2, 0.25) is 5.91 Å². The summed E-state index contributed by atoms with van der Waals surface area (Å²) in [7, 11) is -3.40. The number of sulfone groups is 1. The molecule has 2 N–H and O–H groups in total. The van der Waals surface area contributed by atoms with E-state index in [2.05, 4.69) is 0 Å². The summed E-state index contributed by atoms with van der Waals surface area (Å²) in [5, 5.41) is 0. The number of hydrogen-bond acceptors (Lipinski definition) is 3. The lowest BCUT2D eigenvalue weighted by Gasteiger charge is -2.05. The Morgan fingerprint density at radius 2 is 1.93 bits per heavy atom. The molecule has 1 aromatic rings. The molecular formula is C9H11NO3S. The van der Waals surface area contributed by atoms with Gasteiger partial charge in [0.15, 0.2) is 9.84 Å². The molecule has 0 atom stereocenters. The van der Waals surface area contributed by atoms with Crippen LogP contribution < -0.4 is 5.73 Å². The minimum atomic E-state index is -3.40. The van der Waals surface area contributed by atoms with Crippen molar-refractivity contribution in [2.75, 3.05) is 6.26 Å². The normalized spacial score (nSPS) is 11.3. The van der Waals surface area contributed by atoms with Crippen LogP contribution in [0.5, 0.6) is 0 Å². The summed E-state index contributed by atoms with van der Waals surface area (Å²) < 4.78 is 22.5. The van der Waals surface area contributed by atoms with Crippen molar-refractivity contribution in [2.45, 2.75) is 11.8 Å². The Kier molecular flexibility index (Phi) is 2.62. The van der Waals surface area contributed by atoms with Crippen LogP contribution in [-0.2, 0) is 9.84 Å². The summed E-state index contributed by atoms with van der Waals surface area (Å²) in [6, 6.07) is 4.49. The molecule has 0 aliphatic carbocycles. The van der Waals surface area contributed by atoms with Crippen LogP contribution in [0.15, 0.2) is 23.1 Å². The molecule has 0 radical (unpaired) electrons.